The molecule has 2 rings (SSSR count). The molecule has 1 aromatic rings. The summed E-state index contributed by atoms with van der Waals surface area (Å²) >= 11 is 6.77. The van der Waals surface area contributed by atoms with E-state index in [1.165, 1.54) is 0 Å². The van der Waals surface area contributed by atoms with Crippen molar-refractivity contribution in [1.82, 2.24) is 4.90 Å². The van der Waals surface area contributed by atoms with Crippen LogP contribution in [-0.2, 0) is 0 Å². The average molecular weight is 391 g/mol. The number of aromatic hydroxyl groups is 1. The summed E-state index contributed by atoms with van der Waals surface area (Å²) in [5.74, 6) is -0.00443. The van der Waals surface area contributed by atoms with Gasteiger partial charge in [0.25, 0.3) is 5.91 Å². The SMILES string of the molecule is O=C(c1cc(Br)ccc1O)N1CCCC1CCCBr. The van der Waals surface area contributed by atoms with Crippen molar-refractivity contribution in [3.8, 4) is 5.75 Å². The Morgan fingerprint density at radius 2 is 2.26 bits per heavy atom. The number of hydrogen-bond donors (Lipinski definition) is 1. The van der Waals surface area contributed by atoms with E-state index in [0.717, 1.165) is 42.0 Å². The molecule has 3 nitrogen and oxygen atoms in total. The third kappa shape index (κ3) is 3.51. The van der Waals surface area contributed by atoms with E-state index in [4.69, 9.17) is 0 Å². The van der Waals surface area contributed by atoms with Crippen molar-refractivity contribution < 1.29 is 9.90 Å². The fourth-order valence-electron chi connectivity index (χ4n) is 2.55. The van der Waals surface area contributed by atoms with Crippen LogP contribution in [0.5, 0.6) is 5.75 Å². The highest BCUT2D eigenvalue weighted by atomic mass is 79.9. The molecular weight excluding hydrogens is 374 g/mol. The largest absolute Gasteiger partial charge is 0.507 e. The fraction of sp³-hybridized carbons (Fsp3) is 0.500. The third-order valence-electron chi connectivity index (χ3n) is 3.50. The first-order valence-corrected chi connectivity index (χ1v) is 8.40. The predicted molar refractivity (Wildman–Crippen MR) is 82.9 cm³/mol. The van der Waals surface area contributed by atoms with E-state index in [0.29, 0.717) is 11.6 Å². The quantitative estimate of drug-likeness (QED) is 0.791. The molecule has 104 valence electrons. The van der Waals surface area contributed by atoms with Gasteiger partial charge in [-0.15, -0.1) is 0 Å². The monoisotopic (exact) mass is 389 g/mol. The van der Waals surface area contributed by atoms with Crippen LogP contribution in [0.2, 0.25) is 0 Å². The van der Waals surface area contributed by atoms with Crippen LogP contribution in [0, 0.1) is 0 Å². The molecule has 1 atom stereocenters. The van der Waals surface area contributed by atoms with Gasteiger partial charge in [0.15, 0.2) is 0 Å². The number of rotatable bonds is 4. The molecule has 0 radical (unpaired) electrons. The minimum Gasteiger partial charge on any atom is -0.507 e. The molecule has 1 aliphatic heterocycles. The normalized spacial score (nSPS) is 18.8. The second kappa shape index (κ2) is 6.75. The Morgan fingerprint density at radius 1 is 1.47 bits per heavy atom. The van der Waals surface area contributed by atoms with E-state index in [1.54, 1.807) is 18.2 Å². The van der Waals surface area contributed by atoms with Crippen molar-refractivity contribution in [2.45, 2.75) is 31.7 Å². The molecule has 1 unspecified atom stereocenters. The molecule has 0 saturated carbocycles. The van der Waals surface area contributed by atoms with Gasteiger partial charge in [0.1, 0.15) is 5.75 Å². The zero-order valence-electron chi connectivity index (χ0n) is 10.6. The highest BCUT2D eigenvalue weighted by Crippen LogP contribution is 2.28. The minimum atomic E-state index is -0.0594. The Bertz CT molecular complexity index is 465. The number of alkyl halides is 1. The maximum absolute atomic E-state index is 12.5. The first kappa shape index (κ1) is 14.9. The Balaban J connectivity index is 2.16. The van der Waals surface area contributed by atoms with Crippen LogP contribution < -0.4 is 0 Å². The molecule has 1 saturated heterocycles. The van der Waals surface area contributed by atoms with Gasteiger partial charge in [-0.25, -0.2) is 0 Å². The van der Waals surface area contributed by atoms with Crippen LogP contribution in [0.25, 0.3) is 0 Å². The van der Waals surface area contributed by atoms with Crippen molar-refractivity contribution in [2.24, 2.45) is 0 Å². The summed E-state index contributed by atoms with van der Waals surface area (Å²) < 4.78 is 0.810. The first-order valence-electron chi connectivity index (χ1n) is 6.49. The number of halogens is 2. The Kier molecular flexibility index (Phi) is 5.28. The molecule has 5 heteroatoms. The highest BCUT2D eigenvalue weighted by Gasteiger charge is 2.30. The number of phenols is 1. The summed E-state index contributed by atoms with van der Waals surface area (Å²) in [6.07, 6.45) is 4.20. The second-order valence-corrected chi connectivity index (χ2v) is 6.50. The van der Waals surface area contributed by atoms with Crippen LogP contribution in [0.3, 0.4) is 0 Å². The molecule has 1 aromatic carbocycles. The molecule has 19 heavy (non-hydrogen) atoms. The van der Waals surface area contributed by atoms with Crippen LogP contribution >= 0.6 is 31.9 Å². The van der Waals surface area contributed by atoms with Crippen molar-refractivity contribution in [3.63, 3.8) is 0 Å². The summed E-state index contributed by atoms with van der Waals surface area (Å²) in [7, 11) is 0. The van der Waals surface area contributed by atoms with Gasteiger partial charge in [0, 0.05) is 22.4 Å². The number of hydrogen-bond acceptors (Lipinski definition) is 2. The first-order chi connectivity index (χ1) is 9.13. The minimum absolute atomic E-state index is 0.0549. The molecule has 0 aromatic heterocycles. The average Bonchev–Trinajstić information content (AvgIpc) is 2.86. The summed E-state index contributed by atoms with van der Waals surface area (Å²) in [6.45, 7) is 0.789. The lowest BCUT2D eigenvalue weighted by Gasteiger charge is -2.25. The maximum Gasteiger partial charge on any atom is 0.257 e. The van der Waals surface area contributed by atoms with Crippen molar-refractivity contribution >= 4 is 37.8 Å². The molecule has 0 bridgehead atoms. The van der Waals surface area contributed by atoms with Gasteiger partial charge in [0.2, 0.25) is 0 Å². The van der Waals surface area contributed by atoms with E-state index in [2.05, 4.69) is 31.9 Å². The number of likely N-dealkylation sites (tertiary alicyclic amines) is 1. The molecule has 1 N–H and O–H groups in total. The Hall–Kier alpha value is -0.550. The highest BCUT2D eigenvalue weighted by molar-refractivity contribution is 9.10. The Labute approximate surface area is 130 Å². The van der Waals surface area contributed by atoms with E-state index in [-0.39, 0.29) is 11.7 Å². The van der Waals surface area contributed by atoms with Gasteiger partial charge in [-0.2, -0.15) is 0 Å². The van der Waals surface area contributed by atoms with E-state index >= 15 is 0 Å². The van der Waals surface area contributed by atoms with E-state index in [9.17, 15) is 9.90 Å². The number of amides is 1. The molecular formula is C14H17Br2NO2. The van der Waals surface area contributed by atoms with Crippen LogP contribution in [-0.4, -0.2) is 33.8 Å². The lowest BCUT2D eigenvalue weighted by Crippen LogP contribution is -2.35. The predicted octanol–water partition coefficient (Wildman–Crippen LogP) is 3.93. The molecule has 1 aliphatic rings. The second-order valence-electron chi connectivity index (χ2n) is 4.79. The van der Waals surface area contributed by atoms with E-state index in [1.807, 2.05) is 4.90 Å². The van der Waals surface area contributed by atoms with Gasteiger partial charge in [-0.05, 0) is 43.9 Å². The number of nitrogens with zero attached hydrogens (tertiary/aromatic N) is 1. The van der Waals surface area contributed by atoms with Gasteiger partial charge >= 0.3 is 0 Å². The van der Waals surface area contributed by atoms with Gasteiger partial charge in [-0.3, -0.25) is 4.79 Å². The van der Waals surface area contributed by atoms with Gasteiger partial charge < -0.3 is 10.0 Å². The molecule has 0 aliphatic carbocycles. The van der Waals surface area contributed by atoms with Crippen LogP contribution in [0.15, 0.2) is 22.7 Å². The van der Waals surface area contributed by atoms with Gasteiger partial charge in [0.05, 0.1) is 5.56 Å². The molecule has 1 amide bonds. The summed E-state index contributed by atoms with van der Waals surface area (Å²) in [5.41, 5.74) is 0.389. The van der Waals surface area contributed by atoms with Crippen LogP contribution in [0.1, 0.15) is 36.0 Å². The van der Waals surface area contributed by atoms with Crippen molar-refractivity contribution in [1.29, 1.82) is 0 Å². The summed E-state index contributed by atoms with van der Waals surface area (Å²) in [4.78, 5) is 14.4. The standard InChI is InChI=1S/C14H17Br2NO2/c15-7-1-3-11-4-2-8-17(11)14(19)12-9-10(16)5-6-13(12)18/h5-6,9,11,18H,1-4,7-8H2. The topological polar surface area (TPSA) is 40.5 Å². The summed E-state index contributed by atoms with van der Waals surface area (Å²) in [6, 6.07) is 5.29. The van der Waals surface area contributed by atoms with Crippen LogP contribution in [0.4, 0.5) is 0 Å². The lowest BCUT2D eigenvalue weighted by molar-refractivity contribution is 0.0727. The number of phenolic OH excluding ortho intramolecular Hbond substituents is 1. The van der Waals surface area contributed by atoms with Crippen molar-refractivity contribution in [3.05, 3.63) is 28.2 Å². The van der Waals surface area contributed by atoms with Gasteiger partial charge in [-0.1, -0.05) is 31.9 Å². The zero-order valence-corrected chi connectivity index (χ0v) is 13.8. The third-order valence-corrected chi connectivity index (χ3v) is 4.55. The molecule has 1 fully saturated rings. The smallest absolute Gasteiger partial charge is 0.257 e. The molecule has 0 spiro atoms. The number of benzene rings is 1. The number of carbonyl (C=O) groups is 1. The molecule has 1 heterocycles. The number of carbonyl (C=O) groups excluding carboxylic acids is 1. The zero-order chi connectivity index (χ0) is 13.8. The van der Waals surface area contributed by atoms with E-state index < -0.39 is 0 Å². The van der Waals surface area contributed by atoms with Crippen molar-refractivity contribution in [2.75, 3.05) is 11.9 Å². The lowest BCUT2D eigenvalue weighted by atomic mass is 10.1. The Morgan fingerprint density at radius 3 is 3.00 bits per heavy atom. The maximum atomic E-state index is 12.5. The summed E-state index contributed by atoms with van der Waals surface area (Å²) in [5, 5.41) is 10.8. The fourth-order valence-corrected chi connectivity index (χ4v) is 3.24.